The van der Waals surface area contributed by atoms with Crippen molar-refractivity contribution in [3.63, 3.8) is 0 Å². The molecule has 1 amide bonds. The Hall–Kier alpha value is -1.94. The first-order valence-corrected chi connectivity index (χ1v) is 8.47. The molecule has 3 nitrogen and oxygen atoms in total. The average molecular weight is 313 g/mol. The Bertz CT molecular complexity index is 626. The molecule has 1 heterocycles. The smallest absolute Gasteiger partial charge is 0.248 e. The van der Waals surface area contributed by atoms with E-state index < -0.39 is 0 Å². The lowest BCUT2D eigenvalue weighted by Gasteiger charge is -2.09. The fraction of sp³-hybridized carbons (Fsp3) is 0.278. The lowest BCUT2D eigenvalue weighted by molar-refractivity contribution is -0.111. The third kappa shape index (κ3) is 4.28. The van der Waals surface area contributed by atoms with E-state index in [0.717, 1.165) is 10.9 Å². The van der Waals surface area contributed by atoms with Gasteiger partial charge in [0, 0.05) is 21.9 Å². The first-order chi connectivity index (χ1) is 10.8. The van der Waals surface area contributed by atoms with Gasteiger partial charge in [-0.3, -0.25) is 4.79 Å². The molecule has 1 saturated carbocycles. The highest BCUT2D eigenvalue weighted by molar-refractivity contribution is 8.00. The first kappa shape index (κ1) is 15.0. The Labute approximate surface area is 134 Å². The van der Waals surface area contributed by atoms with E-state index in [9.17, 15) is 4.79 Å². The van der Waals surface area contributed by atoms with E-state index in [0.29, 0.717) is 5.76 Å². The van der Waals surface area contributed by atoms with Crippen molar-refractivity contribution in [2.24, 2.45) is 0 Å². The van der Waals surface area contributed by atoms with Crippen LogP contribution in [0.25, 0.3) is 6.08 Å². The molecule has 0 unspecified atom stereocenters. The summed E-state index contributed by atoms with van der Waals surface area (Å²) in [5, 5.41) is 3.61. The molecule has 114 valence electrons. The van der Waals surface area contributed by atoms with Crippen LogP contribution >= 0.6 is 11.8 Å². The minimum Gasteiger partial charge on any atom is -0.465 e. The Morgan fingerprint density at radius 2 is 1.95 bits per heavy atom. The SMILES string of the molecule is O=C(C=Cc1ccco1)Nc1ccc(SC2CCCC2)cc1. The number of anilines is 1. The fourth-order valence-electron chi connectivity index (χ4n) is 2.54. The van der Waals surface area contributed by atoms with Gasteiger partial charge in [-0.1, -0.05) is 12.8 Å². The molecule has 0 atom stereocenters. The summed E-state index contributed by atoms with van der Waals surface area (Å²) in [5.74, 6) is 0.506. The Morgan fingerprint density at radius 3 is 2.64 bits per heavy atom. The first-order valence-electron chi connectivity index (χ1n) is 7.59. The molecule has 0 aliphatic heterocycles. The maximum absolute atomic E-state index is 11.8. The van der Waals surface area contributed by atoms with Crippen LogP contribution in [0.4, 0.5) is 5.69 Å². The van der Waals surface area contributed by atoms with Gasteiger partial charge in [0.2, 0.25) is 5.91 Å². The number of carbonyl (C=O) groups is 1. The second-order valence-electron chi connectivity index (χ2n) is 5.39. The van der Waals surface area contributed by atoms with Crippen molar-refractivity contribution in [2.45, 2.75) is 35.8 Å². The van der Waals surface area contributed by atoms with E-state index in [1.807, 2.05) is 23.9 Å². The maximum Gasteiger partial charge on any atom is 0.248 e. The van der Waals surface area contributed by atoms with Crippen LogP contribution < -0.4 is 5.32 Å². The number of hydrogen-bond acceptors (Lipinski definition) is 3. The maximum atomic E-state index is 11.8. The quantitative estimate of drug-likeness (QED) is 0.793. The van der Waals surface area contributed by atoms with E-state index in [2.05, 4.69) is 17.4 Å². The number of carbonyl (C=O) groups excluding carboxylic acids is 1. The topological polar surface area (TPSA) is 42.2 Å². The van der Waals surface area contributed by atoms with E-state index in [1.165, 1.54) is 36.7 Å². The normalized spacial score (nSPS) is 15.5. The van der Waals surface area contributed by atoms with Crippen LogP contribution in [0.3, 0.4) is 0 Å². The molecular weight excluding hydrogens is 294 g/mol. The molecule has 1 aliphatic rings. The largest absolute Gasteiger partial charge is 0.465 e. The molecule has 0 saturated heterocycles. The molecule has 1 aromatic heterocycles. The predicted molar refractivity (Wildman–Crippen MR) is 90.9 cm³/mol. The minimum atomic E-state index is -0.160. The molecule has 1 aromatic carbocycles. The van der Waals surface area contributed by atoms with Crippen LogP contribution in [0.2, 0.25) is 0 Å². The van der Waals surface area contributed by atoms with Crippen molar-refractivity contribution in [3.8, 4) is 0 Å². The monoisotopic (exact) mass is 313 g/mol. The third-order valence-electron chi connectivity index (χ3n) is 3.67. The highest BCUT2D eigenvalue weighted by Crippen LogP contribution is 2.34. The van der Waals surface area contributed by atoms with Crippen LogP contribution in [-0.2, 0) is 4.79 Å². The van der Waals surface area contributed by atoms with Crippen LogP contribution in [0.1, 0.15) is 31.4 Å². The van der Waals surface area contributed by atoms with Crippen molar-refractivity contribution in [1.82, 2.24) is 0 Å². The number of benzene rings is 1. The molecule has 0 bridgehead atoms. The fourth-order valence-corrected chi connectivity index (χ4v) is 3.79. The van der Waals surface area contributed by atoms with Crippen LogP contribution in [0.5, 0.6) is 0 Å². The molecule has 2 aromatic rings. The van der Waals surface area contributed by atoms with Gasteiger partial charge in [-0.15, -0.1) is 11.8 Å². The van der Waals surface area contributed by atoms with Crippen molar-refractivity contribution in [1.29, 1.82) is 0 Å². The molecular formula is C18H19NO2S. The van der Waals surface area contributed by atoms with Gasteiger partial charge in [0.05, 0.1) is 6.26 Å². The number of nitrogens with one attached hydrogen (secondary N) is 1. The minimum absolute atomic E-state index is 0.160. The number of hydrogen-bond donors (Lipinski definition) is 1. The van der Waals surface area contributed by atoms with E-state index in [-0.39, 0.29) is 5.91 Å². The van der Waals surface area contributed by atoms with Gasteiger partial charge in [0.25, 0.3) is 0 Å². The summed E-state index contributed by atoms with van der Waals surface area (Å²) in [6.07, 6.45) is 10.1. The molecule has 0 spiro atoms. The highest BCUT2D eigenvalue weighted by atomic mass is 32.2. The van der Waals surface area contributed by atoms with Gasteiger partial charge in [-0.05, 0) is 55.3 Å². The zero-order chi connectivity index (χ0) is 15.2. The number of amides is 1. The summed E-state index contributed by atoms with van der Waals surface area (Å²) in [5.41, 5.74) is 0.810. The third-order valence-corrected chi connectivity index (χ3v) is 5.02. The zero-order valence-electron chi connectivity index (χ0n) is 12.3. The number of furan rings is 1. The molecule has 0 radical (unpaired) electrons. The Morgan fingerprint density at radius 1 is 1.18 bits per heavy atom. The highest BCUT2D eigenvalue weighted by Gasteiger charge is 2.15. The van der Waals surface area contributed by atoms with Gasteiger partial charge < -0.3 is 9.73 Å². The summed E-state index contributed by atoms with van der Waals surface area (Å²) >= 11 is 1.95. The van der Waals surface area contributed by atoms with Crippen molar-refractivity contribution >= 4 is 29.4 Å². The number of thioether (sulfide) groups is 1. The zero-order valence-corrected chi connectivity index (χ0v) is 13.1. The van der Waals surface area contributed by atoms with E-state index in [4.69, 9.17) is 4.42 Å². The van der Waals surface area contributed by atoms with Gasteiger partial charge >= 0.3 is 0 Å². The predicted octanol–water partition coefficient (Wildman–Crippen LogP) is 4.97. The number of rotatable bonds is 5. The lowest BCUT2D eigenvalue weighted by Crippen LogP contribution is -2.07. The standard InChI is InChI=1S/C18H19NO2S/c20-18(12-9-15-4-3-13-21-15)19-14-7-10-17(11-8-14)22-16-5-1-2-6-16/h3-4,7-13,16H,1-2,5-6H2,(H,19,20). The molecule has 3 rings (SSSR count). The van der Waals surface area contributed by atoms with Crippen LogP contribution in [0, 0.1) is 0 Å². The molecule has 22 heavy (non-hydrogen) atoms. The van der Waals surface area contributed by atoms with Crippen LogP contribution in [-0.4, -0.2) is 11.2 Å². The molecule has 1 N–H and O–H groups in total. The van der Waals surface area contributed by atoms with Gasteiger partial charge in [0.1, 0.15) is 5.76 Å². The van der Waals surface area contributed by atoms with Gasteiger partial charge in [0.15, 0.2) is 0 Å². The Balaban J connectivity index is 1.52. The van der Waals surface area contributed by atoms with Crippen molar-refractivity contribution < 1.29 is 9.21 Å². The molecule has 1 aliphatic carbocycles. The average Bonchev–Trinajstić information content (AvgIpc) is 3.20. The van der Waals surface area contributed by atoms with Gasteiger partial charge in [-0.25, -0.2) is 0 Å². The van der Waals surface area contributed by atoms with Crippen LogP contribution in [0.15, 0.2) is 58.1 Å². The molecule has 4 heteroatoms. The van der Waals surface area contributed by atoms with Crippen molar-refractivity contribution in [2.75, 3.05) is 5.32 Å². The van der Waals surface area contributed by atoms with E-state index >= 15 is 0 Å². The summed E-state index contributed by atoms with van der Waals surface area (Å²) < 4.78 is 5.14. The van der Waals surface area contributed by atoms with E-state index in [1.54, 1.807) is 24.5 Å². The van der Waals surface area contributed by atoms with Crippen molar-refractivity contribution in [3.05, 3.63) is 54.5 Å². The second-order valence-corrected chi connectivity index (χ2v) is 6.76. The second kappa shape index (κ2) is 7.36. The summed E-state index contributed by atoms with van der Waals surface area (Å²) in [6.45, 7) is 0. The Kier molecular flexibility index (Phi) is 5.01. The van der Waals surface area contributed by atoms with Gasteiger partial charge in [-0.2, -0.15) is 0 Å². The lowest BCUT2D eigenvalue weighted by atomic mass is 10.3. The summed E-state index contributed by atoms with van der Waals surface area (Å²) in [7, 11) is 0. The summed E-state index contributed by atoms with van der Waals surface area (Å²) in [4.78, 5) is 13.1. The molecule has 1 fully saturated rings. The summed E-state index contributed by atoms with van der Waals surface area (Å²) in [6, 6.07) is 11.7.